The quantitative estimate of drug-likeness (QED) is 0.468. The summed E-state index contributed by atoms with van der Waals surface area (Å²) < 4.78 is 6.44. The molecule has 106 valence electrons. The summed E-state index contributed by atoms with van der Waals surface area (Å²) in [5.41, 5.74) is 0. The van der Waals surface area contributed by atoms with Crippen LogP contribution in [0.25, 0.3) is 0 Å². The molecule has 1 aromatic rings. The van der Waals surface area contributed by atoms with Crippen LogP contribution in [-0.4, -0.2) is 52.9 Å². The highest BCUT2D eigenvalue weighted by atomic mass is 16.5. The Kier molecular flexibility index (Phi) is 5.94. The van der Waals surface area contributed by atoms with Crippen molar-refractivity contribution in [2.75, 3.05) is 20.2 Å². The smallest absolute Gasteiger partial charge is 0.329 e. The number of nitrogens with one attached hydrogen (secondary N) is 2. The van der Waals surface area contributed by atoms with Crippen LogP contribution in [0.2, 0.25) is 0 Å². The molecule has 2 N–H and O–H groups in total. The van der Waals surface area contributed by atoms with Crippen molar-refractivity contribution >= 4 is 11.9 Å². The molecule has 8 heteroatoms. The summed E-state index contributed by atoms with van der Waals surface area (Å²) >= 11 is 0. The van der Waals surface area contributed by atoms with E-state index in [-0.39, 0.29) is 5.91 Å². The molecular formula is C11H19N5O3. The molecule has 0 spiro atoms. The maximum atomic E-state index is 11.4. The molecule has 1 rings (SSSR count). The second kappa shape index (κ2) is 7.47. The number of nitrogens with zero attached hydrogens (tertiary/aromatic N) is 3. The summed E-state index contributed by atoms with van der Waals surface area (Å²) in [7, 11) is 3.15. The van der Waals surface area contributed by atoms with Gasteiger partial charge in [-0.25, -0.2) is 4.79 Å². The monoisotopic (exact) mass is 269 g/mol. The second-order valence-electron chi connectivity index (χ2n) is 4.09. The second-order valence-corrected chi connectivity index (χ2v) is 4.09. The van der Waals surface area contributed by atoms with Crippen LogP contribution in [0, 0.1) is 0 Å². The minimum absolute atomic E-state index is 0.273. The predicted molar refractivity (Wildman–Crippen MR) is 67.2 cm³/mol. The lowest BCUT2D eigenvalue weighted by Gasteiger charge is -2.15. The SMILES string of the molecule is COC(=O)C(CNCCc1nncn1C)NC(C)=O. The first-order chi connectivity index (χ1) is 9.04. The first-order valence-electron chi connectivity index (χ1n) is 5.93. The van der Waals surface area contributed by atoms with Crippen LogP contribution >= 0.6 is 0 Å². The fourth-order valence-electron chi connectivity index (χ4n) is 1.56. The van der Waals surface area contributed by atoms with Gasteiger partial charge < -0.3 is 19.9 Å². The van der Waals surface area contributed by atoms with E-state index in [1.165, 1.54) is 14.0 Å². The van der Waals surface area contributed by atoms with Crippen LogP contribution in [0.5, 0.6) is 0 Å². The summed E-state index contributed by atoms with van der Waals surface area (Å²) in [6, 6.07) is -0.679. The van der Waals surface area contributed by atoms with Crippen LogP contribution in [0.15, 0.2) is 6.33 Å². The number of carbonyl (C=O) groups is 2. The highest BCUT2D eigenvalue weighted by Gasteiger charge is 2.19. The third kappa shape index (κ3) is 5.04. The van der Waals surface area contributed by atoms with E-state index in [0.717, 1.165) is 5.82 Å². The van der Waals surface area contributed by atoms with Gasteiger partial charge in [0, 0.05) is 33.5 Å². The van der Waals surface area contributed by atoms with E-state index in [2.05, 4.69) is 25.6 Å². The van der Waals surface area contributed by atoms with E-state index in [4.69, 9.17) is 0 Å². The summed E-state index contributed by atoms with van der Waals surface area (Å²) in [6.45, 7) is 2.29. The minimum Gasteiger partial charge on any atom is -0.467 e. The van der Waals surface area contributed by atoms with Gasteiger partial charge in [0.15, 0.2) is 0 Å². The van der Waals surface area contributed by atoms with Crippen molar-refractivity contribution in [1.82, 2.24) is 25.4 Å². The van der Waals surface area contributed by atoms with Crippen LogP contribution in [0.3, 0.4) is 0 Å². The first-order valence-corrected chi connectivity index (χ1v) is 5.93. The van der Waals surface area contributed by atoms with E-state index in [1.807, 2.05) is 11.6 Å². The zero-order valence-electron chi connectivity index (χ0n) is 11.3. The highest BCUT2D eigenvalue weighted by molar-refractivity contribution is 5.83. The van der Waals surface area contributed by atoms with E-state index < -0.39 is 12.0 Å². The fourth-order valence-corrected chi connectivity index (χ4v) is 1.56. The van der Waals surface area contributed by atoms with Gasteiger partial charge in [-0.2, -0.15) is 0 Å². The Morgan fingerprint density at radius 3 is 2.79 bits per heavy atom. The number of ether oxygens (including phenoxy) is 1. The van der Waals surface area contributed by atoms with Crippen molar-refractivity contribution in [2.45, 2.75) is 19.4 Å². The van der Waals surface area contributed by atoms with E-state index >= 15 is 0 Å². The molecule has 0 aromatic carbocycles. The number of amides is 1. The topological polar surface area (TPSA) is 98.1 Å². The normalized spacial score (nSPS) is 11.9. The maximum absolute atomic E-state index is 11.4. The summed E-state index contributed by atoms with van der Waals surface area (Å²) in [5.74, 6) is 0.105. The third-order valence-corrected chi connectivity index (χ3v) is 2.54. The Hall–Kier alpha value is -1.96. The molecule has 0 aliphatic carbocycles. The third-order valence-electron chi connectivity index (χ3n) is 2.54. The lowest BCUT2D eigenvalue weighted by molar-refractivity contribution is -0.144. The van der Waals surface area contributed by atoms with Gasteiger partial charge in [0.2, 0.25) is 5.91 Å². The molecule has 1 amide bonds. The van der Waals surface area contributed by atoms with Gasteiger partial charge in [0.25, 0.3) is 0 Å². The molecule has 19 heavy (non-hydrogen) atoms. The zero-order chi connectivity index (χ0) is 14.3. The Morgan fingerprint density at radius 2 is 2.26 bits per heavy atom. The van der Waals surface area contributed by atoms with Crippen molar-refractivity contribution in [2.24, 2.45) is 7.05 Å². The molecule has 0 saturated carbocycles. The minimum atomic E-state index is -0.679. The molecule has 0 saturated heterocycles. The van der Waals surface area contributed by atoms with Crippen LogP contribution < -0.4 is 10.6 Å². The number of aryl methyl sites for hydroxylation is 1. The Morgan fingerprint density at radius 1 is 1.53 bits per heavy atom. The lowest BCUT2D eigenvalue weighted by Crippen LogP contribution is -2.47. The van der Waals surface area contributed by atoms with Crippen LogP contribution in [0.1, 0.15) is 12.7 Å². The Labute approximate surface area is 111 Å². The average Bonchev–Trinajstić information content (AvgIpc) is 2.77. The Balaban J connectivity index is 2.34. The predicted octanol–water partition coefficient (Wildman–Crippen LogP) is -1.38. The lowest BCUT2D eigenvalue weighted by atomic mass is 10.3. The molecular weight excluding hydrogens is 250 g/mol. The first kappa shape index (κ1) is 15.1. The van der Waals surface area contributed by atoms with Crippen LogP contribution in [-0.2, 0) is 27.8 Å². The number of esters is 1. The van der Waals surface area contributed by atoms with Gasteiger partial charge in [0.1, 0.15) is 18.2 Å². The van der Waals surface area contributed by atoms with E-state index in [0.29, 0.717) is 19.5 Å². The number of methoxy groups -OCH3 is 1. The number of hydrogen-bond acceptors (Lipinski definition) is 6. The van der Waals surface area contributed by atoms with Crippen LogP contribution in [0.4, 0.5) is 0 Å². The number of aromatic nitrogens is 3. The maximum Gasteiger partial charge on any atom is 0.329 e. The molecule has 1 unspecified atom stereocenters. The van der Waals surface area contributed by atoms with E-state index in [9.17, 15) is 9.59 Å². The van der Waals surface area contributed by atoms with Gasteiger partial charge in [0.05, 0.1) is 7.11 Å². The van der Waals surface area contributed by atoms with E-state index in [1.54, 1.807) is 6.33 Å². The summed E-state index contributed by atoms with van der Waals surface area (Å²) in [5, 5.41) is 13.3. The molecule has 0 bridgehead atoms. The largest absolute Gasteiger partial charge is 0.467 e. The van der Waals surface area contributed by atoms with Gasteiger partial charge in [-0.3, -0.25) is 4.79 Å². The standard InChI is InChI=1S/C11H19N5O3/c1-8(17)14-9(11(18)19-3)6-12-5-4-10-15-13-7-16(10)2/h7,9,12H,4-6H2,1-3H3,(H,14,17). The van der Waals surface area contributed by atoms with Crippen molar-refractivity contribution in [1.29, 1.82) is 0 Å². The Bertz CT molecular complexity index is 432. The van der Waals surface area contributed by atoms with Crippen molar-refractivity contribution in [3.05, 3.63) is 12.2 Å². The molecule has 1 aromatic heterocycles. The molecule has 1 heterocycles. The molecule has 0 fully saturated rings. The highest BCUT2D eigenvalue weighted by Crippen LogP contribution is 1.92. The molecule has 8 nitrogen and oxygen atoms in total. The van der Waals surface area contributed by atoms with Crippen molar-refractivity contribution in [3.8, 4) is 0 Å². The summed E-state index contributed by atoms with van der Waals surface area (Å²) in [4.78, 5) is 22.4. The average molecular weight is 269 g/mol. The molecule has 0 aliphatic rings. The van der Waals surface area contributed by atoms with Gasteiger partial charge >= 0.3 is 5.97 Å². The number of rotatable bonds is 7. The van der Waals surface area contributed by atoms with Crippen molar-refractivity contribution in [3.63, 3.8) is 0 Å². The van der Waals surface area contributed by atoms with Crippen molar-refractivity contribution < 1.29 is 14.3 Å². The number of carbonyl (C=O) groups excluding carboxylic acids is 2. The van der Waals surface area contributed by atoms with Gasteiger partial charge in [-0.1, -0.05) is 0 Å². The van der Waals surface area contributed by atoms with Gasteiger partial charge in [-0.15, -0.1) is 10.2 Å². The molecule has 1 atom stereocenters. The fraction of sp³-hybridized carbons (Fsp3) is 0.636. The summed E-state index contributed by atoms with van der Waals surface area (Å²) in [6.07, 6.45) is 2.31. The zero-order valence-corrected chi connectivity index (χ0v) is 11.3. The number of hydrogen-bond donors (Lipinski definition) is 2. The molecule has 0 aliphatic heterocycles. The molecule has 0 radical (unpaired) electrons. The van der Waals surface area contributed by atoms with Gasteiger partial charge in [-0.05, 0) is 0 Å².